The second-order valence-corrected chi connectivity index (χ2v) is 5.19. The minimum Gasteiger partial charge on any atom is -0.458 e. The maximum Gasteiger partial charge on any atom is 0.331 e. The van der Waals surface area contributed by atoms with Crippen LogP contribution in [0.5, 0.6) is 0 Å². The highest BCUT2D eigenvalue weighted by Gasteiger charge is 2.02. The fourth-order valence-corrected chi connectivity index (χ4v) is 2.40. The molecule has 0 saturated carbocycles. The van der Waals surface area contributed by atoms with Gasteiger partial charge in [-0.1, -0.05) is 42.5 Å². The molecule has 3 nitrogen and oxygen atoms in total. The van der Waals surface area contributed by atoms with Crippen molar-refractivity contribution in [1.29, 1.82) is 0 Å². The van der Waals surface area contributed by atoms with Gasteiger partial charge in [-0.15, -0.1) is 0 Å². The summed E-state index contributed by atoms with van der Waals surface area (Å²) in [5, 5.41) is 1.10. The first-order valence-electron chi connectivity index (χ1n) is 7.19. The van der Waals surface area contributed by atoms with E-state index in [4.69, 9.17) is 4.74 Å². The molecule has 0 spiro atoms. The monoisotopic (exact) mass is 291 g/mol. The number of hydrogen-bond acceptors (Lipinski definition) is 2. The fraction of sp³-hybridized carbons (Fsp3) is 0.105. The summed E-state index contributed by atoms with van der Waals surface area (Å²) in [5.74, 6) is -0.340. The van der Waals surface area contributed by atoms with Crippen molar-refractivity contribution in [2.45, 2.75) is 13.5 Å². The maximum absolute atomic E-state index is 11.8. The molecule has 1 heterocycles. The van der Waals surface area contributed by atoms with E-state index >= 15 is 0 Å². The molecule has 0 unspecified atom stereocenters. The van der Waals surface area contributed by atoms with E-state index in [0.29, 0.717) is 0 Å². The van der Waals surface area contributed by atoms with Gasteiger partial charge in [0.25, 0.3) is 0 Å². The summed E-state index contributed by atoms with van der Waals surface area (Å²) < 4.78 is 5.23. The Balaban J connectivity index is 1.68. The summed E-state index contributed by atoms with van der Waals surface area (Å²) in [5.41, 5.74) is 4.14. The smallest absolute Gasteiger partial charge is 0.331 e. The van der Waals surface area contributed by atoms with Gasteiger partial charge in [-0.05, 0) is 36.3 Å². The van der Waals surface area contributed by atoms with Crippen molar-refractivity contribution < 1.29 is 9.53 Å². The van der Waals surface area contributed by atoms with Gasteiger partial charge in [0.2, 0.25) is 0 Å². The third kappa shape index (κ3) is 3.26. The summed E-state index contributed by atoms with van der Waals surface area (Å²) in [4.78, 5) is 15.1. The third-order valence-corrected chi connectivity index (χ3v) is 3.46. The lowest BCUT2D eigenvalue weighted by Crippen LogP contribution is -2.00. The molecule has 0 fully saturated rings. The molecule has 3 rings (SSSR count). The van der Waals surface area contributed by atoms with Crippen LogP contribution in [-0.4, -0.2) is 11.0 Å². The van der Waals surface area contributed by atoms with Crippen LogP contribution < -0.4 is 0 Å². The Morgan fingerprint density at radius 1 is 1.14 bits per heavy atom. The van der Waals surface area contributed by atoms with Gasteiger partial charge in [-0.3, -0.25) is 0 Å². The molecule has 1 aromatic heterocycles. The van der Waals surface area contributed by atoms with Crippen molar-refractivity contribution in [1.82, 2.24) is 4.98 Å². The molecule has 0 saturated heterocycles. The van der Waals surface area contributed by atoms with Gasteiger partial charge < -0.3 is 9.72 Å². The lowest BCUT2D eigenvalue weighted by molar-refractivity contribution is -0.138. The van der Waals surface area contributed by atoms with Crippen LogP contribution in [0.25, 0.3) is 17.0 Å². The average Bonchev–Trinajstić information content (AvgIpc) is 2.92. The van der Waals surface area contributed by atoms with Crippen molar-refractivity contribution in [2.75, 3.05) is 0 Å². The number of esters is 1. The fourth-order valence-electron chi connectivity index (χ4n) is 2.40. The Kier molecular flexibility index (Phi) is 4.05. The summed E-state index contributed by atoms with van der Waals surface area (Å²) in [7, 11) is 0. The SMILES string of the molecule is Cc1cc2c(/C=C/C(=O)OCc3ccccc3)cccc2[nH]1. The molecule has 22 heavy (non-hydrogen) atoms. The minimum atomic E-state index is -0.340. The number of carbonyl (C=O) groups excluding carboxylic acids is 1. The highest BCUT2D eigenvalue weighted by atomic mass is 16.5. The van der Waals surface area contributed by atoms with Crippen molar-refractivity contribution in [2.24, 2.45) is 0 Å². The quantitative estimate of drug-likeness (QED) is 0.577. The van der Waals surface area contributed by atoms with Crippen LogP contribution in [0.15, 0.2) is 60.7 Å². The molecule has 3 aromatic rings. The second-order valence-electron chi connectivity index (χ2n) is 5.19. The third-order valence-electron chi connectivity index (χ3n) is 3.46. The zero-order valence-corrected chi connectivity index (χ0v) is 12.4. The van der Waals surface area contributed by atoms with Crippen LogP contribution in [0.4, 0.5) is 0 Å². The summed E-state index contributed by atoms with van der Waals surface area (Å²) in [6.07, 6.45) is 3.27. The van der Waals surface area contributed by atoms with Gasteiger partial charge in [-0.25, -0.2) is 4.79 Å². The van der Waals surface area contributed by atoms with Crippen LogP contribution in [0, 0.1) is 6.92 Å². The molecular formula is C19H17NO2. The van der Waals surface area contributed by atoms with E-state index in [2.05, 4.69) is 11.1 Å². The Hall–Kier alpha value is -2.81. The van der Waals surface area contributed by atoms with Crippen LogP contribution in [0.1, 0.15) is 16.8 Å². The van der Waals surface area contributed by atoms with E-state index in [9.17, 15) is 4.79 Å². The molecule has 110 valence electrons. The van der Waals surface area contributed by atoms with Crippen molar-refractivity contribution in [3.05, 3.63) is 77.5 Å². The first-order valence-corrected chi connectivity index (χ1v) is 7.19. The number of nitrogens with one attached hydrogen (secondary N) is 1. The highest BCUT2D eigenvalue weighted by molar-refractivity contribution is 5.94. The topological polar surface area (TPSA) is 42.1 Å². The van der Waals surface area contributed by atoms with Gasteiger partial charge in [-0.2, -0.15) is 0 Å². The van der Waals surface area contributed by atoms with E-state index in [-0.39, 0.29) is 12.6 Å². The molecule has 0 bridgehead atoms. The van der Waals surface area contributed by atoms with E-state index in [1.165, 1.54) is 6.08 Å². The van der Waals surface area contributed by atoms with Crippen LogP contribution in [-0.2, 0) is 16.1 Å². The number of carbonyl (C=O) groups is 1. The Morgan fingerprint density at radius 3 is 2.77 bits per heavy atom. The van der Waals surface area contributed by atoms with E-state index < -0.39 is 0 Å². The lowest BCUT2D eigenvalue weighted by Gasteiger charge is -2.01. The standard InChI is InChI=1S/C19H17NO2/c1-14-12-17-16(8-5-9-18(17)20-14)10-11-19(21)22-13-15-6-3-2-4-7-15/h2-12,20H,13H2,1H3/b11-10+. The molecular weight excluding hydrogens is 274 g/mol. The second kappa shape index (κ2) is 6.31. The predicted octanol–water partition coefficient (Wildman–Crippen LogP) is 4.23. The number of ether oxygens (including phenoxy) is 1. The van der Waals surface area contributed by atoms with Gasteiger partial charge >= 0.3 is 5.97 Å². The van der Waals surface area contributed by atoms with E-state index in [1.54, 1.807) is 6.08 Å². The Morgan fingerprint density at radius 2 is 1.95 bits per heavy atom. The summed E-state index contributed by atoms with van der Waals surface area (Å²) in [6.45, 7) is 2.30. The number of aromatic nitrogens is 1. The molecule has 0 aliphatic carbocycles. The van der Waals surface area contributed by atoms with Crippen molar-refractivity contribution >= 4 is 22.9 Å². The number of fused-ring (bicyclic) bond motifs is 1. The highest BCUT2D eigenvalue weighted by Crippen LogP contribution is 2.20. The molecule has 3 heteroatoms. The van der Waals surface area contributed by atoms with E-state index in [1.807, 2.05) is 55.5 Å². The molecule has 0 amide bonds. The minimum absolute atomic E-state index is 0.289. The normalized spacial score (nSPS) is 11.1. The summed E-state index contributed by atoms with van der Waals surface area (Å²) in [6, 6.07) is 17.7. The average molecular weight is 291 g/mol. The number of H-pyrrole nitrogens is 1. The van der Waals surface area contributed by atoms with Gasteiger partial charge in [0.1, 0.15) is 6.61 Å². The zero-order valence-electron chi connectivity index (χ0n) is 12.4. The molecule has 2 aromatic carbocycles. The number of aromatic amines is 1. The first kappa shape index (κ1) is 14.1. The Labute approximate surface area is 129 Å². The molecule has 0 radical (unpaired) electrons. The molecule has 0 atom stereocenters. The molecule has 0 aliphatic heterocycles. The molecule has 1 N–H and O–H groups in total. The van der Waals surface area contributed by atoms with Gasteiger partial charge in [0, 0.05) is 22.7 Å². The lowest BCUT2D eigenvalue weighted by atomic mass is 10.1. The number of rotatable bonds is 4. The van der Waals surface area contributed by atoms with Crippen LogP contribution in [0.2, 0.25) is 0 Å². The summed E-state index contributed by atoms with van der Waals surface area (Å²) >= 11 is 0. The van der Waals surface area contributed by atoms with Gasteiger partial charge in [0.15, 0.2) is 0 Å². The zero-order chi connectivity index (χ0) is 15.4. The number of hydrogen-bond donors (Lipinski definition) is 1. The van der Waals surface area contributed by atoms with E-state index in [0.717, 1.165) is 27.7 Å². The molecule has 0 aliphatic rings. The van der Waals surface area contributed by atoms with Crippen LogP contribution in [0.3, 0.4) is 0 Å². The predicted molar refractivity (Wildman–Crippen MR) is 88.3 cm³/mol. The Bertz CT molecular complexity index is 816. The van der Waals surface area contributed by atoms with Crippen molar-refractivity contribution in [3.8, 4) is 0 Å². The number of benzene rings is 2. The number of aryl methyl sites for hydroxylation is 1. The van der Waals surface area contributed by atoms with Gasteiger partial charge in [0.05, 0.1) is 0 Å². The van der Waals surface area contributed by atoms with Crippen LogP contribution >= 0.6 is 0 Å². The van der Waals surface area contributed by atoms with Crippen molar-refractivity contribution in [3.63, 3.8) is 0 Å². The largest absolute Gasteiger partial charge is 0.458 e. The first-order chi connectivity index (χ1) is 10.7. The maximum atomic E-state index is 11.8.